The molecule has 0 saturated heterocycles. The molecule has 2 heterocycles. The highest BCUT2D eigenvalue weighted by Crippen LogP contribution is 2.19. The van der Waals surface area contributed by atoms with Gasteiger partial charge in [-0.25, -0.2) is 9.89 Å². The number of nitrogens with one attached hydrogen (secondary N) is 1. The molecule has 2 aromatic heterocycles. The number of aryl methyl sites for hydroxylation is 1. The van der Waals surface area contributed by atoms with Gasteiger partial charge in [0.15, 0.2) is 5.16 Å². The highest BCUT2D eigenvalue weighted by atomic mass is 32.2. The van der Waals surface area contributed by atoms with Crippen LogP contribution in [0, 0.1) is 0 Å². The second-order valence-electron chi connectivity index (χ2n) is 4.61. The van der Waals surface area contributed by atoms with Crippen LogP contribution < -0.4 is 5.69 Å². The Morgan fingerprint density at radius 1 is 1.23 bits per heavy atom. The van der Waals surface area contributed by atoms with Gasteiger partial charge in [0.05, 0.1) is 12.3 Å². The summed E-state index contributed by atoms with van der Waals surface area (Å²) in [7, 11) is 0. The van der Waals surface area contributed by atoms with Gasteiger partial charge in [-0.3, -0.25) is 4.57 Å². The number of nitrogens with zero attached hydrogens (tertiary/aromatic N) is 4. The van der Waals surface area contributed by atoms with Crippen LogP contribution in [0.15, 0.2) is 44.7 Å². The Hall–Kier alpha value is -2.35. The first-order valence-corrected chi connectivity index (χ1v) is 7.88. The van der Waals surface area contributed by atoms with Gasteiger partial charge in [-0.05, 0) is 5.56 Å². The van der Waals surface area contributed by atoms with Crippen molar-refractivity contribution < 1.29 is 4.42 Å². The van der Waals surface area contributed by atoms with E-state index in [-0.39, 0.29) is 5.69 Å². The first-order valence-electron chi connectivity index (χ1n) is 6.89. The summed E-state index contributed by atoms with van der Waals surface area (Å²) in [6.07, 6.45) is 0.707. The predicted molar refractivity (Wildman–Crippen MR) is 81.6 cm³/mol. The molecule has 114 valence electrons. The van der Waals surface area contributed by atoms with E-state index in [4.69, 9.17) is 4.42 Å². The van der Waals surface area contributed by atoms with Gasteiger partial charge >= 0.3 is 5.69 Å². The summed E-state index contributed by atoms with van der Waals surface area (Å²) >= 11 is 1.39. The van der Waals surface area contributed by atoms with E-state index in [1.165, 1.54) is 11.8 Å². The molecule has 1 aromatic carbocycles. The van der Waals surface area contributed by atoms with Gasteiger partial charge in [0.25, 0.3) is 0 Å². The number of hydrogen-bond donors (Lipinski definition) is 1. The molecule has 0 aliphatic rings. The lowest BCUT2D eigenvalue weighted by molar-refractivity contribution is 0.469. The number of rotatable bonds is 6. The third-order valence-corrected chi connectivity index (χ3v) is 4.00. The zero-order valence-electron chi connectivity index (χ0n) is 12.0. The van der Waals surface area contributed by atoms with Crippen LogP contribution in [0.5, 0.6) is 0 Å². The van der Waals surface area contributed by atoms with Crippen molar-refractivity contribution in [2.24, 2.45) is 0 Å². The van der Waals surface area contributed by atoms with Crippen LogP contribution in [0.2, 0.25) is 0 Å². The van der Waals surface area contributed by atoms with Crippen LogP contribution in [0.3, 0.4) is 0 Å². The van der Waals surface area contributed by atoms with Crippen molar-refractivity contribution in [3.8, 4) is 0 Å². The molecule has 0 fully saturated rings. The van der Waals surface area contributed by atoms with Crippen LogP contribution >= 0.6 is 11.8 Å². The van der Waals surface area contributed by atoms with E-state index >= 15 is 0 Å². The second-order valence-corrected chi connectivity index (χ2v) is 5.56. The molecule has 8 heteroatoms. The third kappa shape index (κ3) is 3.28. The highest BCUT2D eigenvalue weighted by molar-refractivity contribution is 7.98. The fraction of sp³-hybridized carbons (Fsp3) is 0.286. The Morgan fingerprint density at radius 3 is 2.73 bits per heavy atom. The Kier molecular flexibility index (Phi) is 4.38. The molecule has 0 atom stereocenters. The first-order chi connectivity index (χ1) is 10.8. The molecule has 0 bridgehead atoms. The van der Waals surface area contributed by atoms with Crippen molar-refractivity contribution in [2.45, 2.75) is 30.8 Å². The Balaban J connectivity index is 1.73. The molecule has 0 spiro atoms. The van der Waals surface area contributed by atoms with Gasteiger partial charge in [-0.1, -0.05) is 49.0 Å². The van der Waals surface area contributed by atoms with E-state index in [1.54, 1.807) is 4.57 Å². The summed E-state index contributed by atoms with van der Waals surface area (Å²) in [5.41, 5.74) is 0.810. The summed E-state index contributed by atoms with van der Waals surface area (Å²) < 4.78 is 7.05. The Morgan fingerprint density at radius 2 is 2.00 bits per heavy atom. The molecule has 22 heavy (non-hydrogen) atoms. The lowest BCUT2D eigenvalue weighted by Gasteiger charge is -2.04. The second kappa shape index (κ2) is 6.61. The van der Waals surface area contributed by atoms with Crippen LogP contribution in [0.1, 0.15) is 24.3 Å². The summed E-state index contributed by atoms with van der Waals surface area (Å²) in [6, 6.07) is 9.77. The fourth-order valence-corrected chi connectivity index (χ4v) is 2.72. The number of aromatic nitrogens is 5. The van der Waals surface area contributed by atoms with Crippen molar-refractivity contribution >= 4 is 11.8 Å². The smallest absolute Gasteiger partial charge is 0.344 e. The maximum Gasteiger partial charge on any atom is 0.344 e. The molecular weight excluding hydrogens is 302 g/mol. The molecule has 3 rings (SSSR count). The molecule has 3 aromatic rings. The highest BCUT2D eigenvalue weighted by Gasteiger charge is 2.12. The van der Waals surface area contributed by atoms with Gasteiger partial charge in [-0.15, -0.1) is 15.3 Å². The number of aromatic amines is 1. The van der Waals surface area contributed by atoms with Crippen molar-refractivity contribution in [1.29, 1.82) is 0 Å². The molecule has 0 aliphatic heterocycles. The molecule has 1 N–H and O–H groups in total. The number of H-pyrrole nitrogens is 1. The monoisotopic (exact) mass is 317 g/mol. The molecular formula is C14H15N5O2S. The van der Waals surface area contributed by atoms with Gasteiger partial charge < -0.3 is 4.42 Å². The normalized spacial score (nSPS) is 11.0. The summed E-state index contributed by atoms with van der Waals surface area (Å²) in [5, 5.41) is 15.0. The lowest BCUT2D eigenvalue weighted by atomic mass is 10.2. The SMILES string of the molecule is CCc1nnc(CSc2n[nH]c(=O)n2Cc2ccccc2)o1. The van der Waals surface area contributed by atoms with E-state index in [0.29, 0.717) is 35.7 Å². The van der Waals surface area contributed by atoms with E-state index in [2.05, 4.69) is 20.4 Å². The van der Waals surface area contributed by atoms with Crippen LogP contribution in [0.25, 0.3) is 0 Å². The number of benzene rings is 1. The number of thioether (sulfide) groups is 1. The standard InChI is InChI=1S/C14H15N5O2S/c1-2-11-15-16-12(21-11)9-22-14-18-17-13(20)19(14)8-10-6-4-3-5-7-10/h3-7H,2,8-9H2,1H3,(H,17,20). The van der Waals surface area contributed by atoms with Gasteiger partial charge in [0.2, 0.25) is 11.8 Å². The van der Waals surface area contributed by atoms with Crippen molar-refractivity contribution in [3.05, 3.63) is 58.2 Å². The fourth-order valence-electron chi connectivity index (χ4n) is 1.93. The first kappa shape index (κ1) is 14.6. The van der Waals surface area contributed by atoms with Gasteiger partial charge in [-0.2, -0.15) is 0 Å². The number of hydrogen-bond acceptors (Lipinski definition) is 6. The maximum atomic E-state index is 11.9. The topological polar surface area (TPSA) is 89.6 Å². The van der Waals surface area contributed by atoms with Crippen LogP contribution in [0.4, 0.5) is 0 Å². The molecule has 7 nitrogen and oxygen atoms in total. The predicted octanol–water partition coefficient (Wildman–Crippen LogP) is 1.86. The van der Waals surface area contributed by atoms with Gasteiger partial charge in [0.1, 0.15) is 0 Å². The quantitative estimate of drug-likeness (QED) is 0.698. The van der Waals surface area contributed by atoms with Gasteiger partial charge in [0, 0.05) is 6.42 Å². The summed E-state index contributed by atoms with van der Waals surface area (Å²) in [6.45, 7) is 2.43. The van der Waals surface area contributed by atoms with Crippen molar-refractivity contribution in [3.63, 3.8) is 0 Å². The van der Waals surface area contributed by atoms with E-state index < -0.39 is 0 Å². The minimum atomic E-state index is -0.230. The van der Waals surface area contributed by atoms with E-state index in [0.717, 1.165) is 5.56 Å². The van der Waals surface area contributed by atoms with Crippen LogP contribution in [-0.4, -0.2) is 25.0 Å². The van der Waals surface area contributed by atoms with Crippen LogP contribution in [-0.2, 0) is 18.7 Å². The molecule has 0 unspecified atom stereocenters. The average molecular weight is 317 g/mol. The van der Waals surface area contributed by atoms with E-state index in [1.807, 2.05) is 37.3 Å². The lowest BCUT2D eigenvalue weighted by Crippen LogP contribution is -2.18. The minimum absolute atomic E-state index is 0.230. The zero-order chi connectivity index (χ0) is 15.4. The van der Waals surface area contributed by atoms with E-state index in [9.17, 15) is 4.79 Å². The van der Waals surface area contributed by atoms with Crippen molar-refractivity contribution in [2.75, 3.05) is 0 Å². The zero-order valence-corrected chi connectivity index (χ0v) is 12.8. The molecule has 0 aliphatic carbocycles. The largest absolute Gasteiger partial charge is 0.424 e. The summed E-state index contributed by atoms with van der Waals surface area (Å²) in [5.74, 6) is 1.62. The summed E-state index contributed by atoms with van der Waals surface area (Å²) in [4.78, 5) is 11.9. The Bertz CT molecular complexity index is 793. The maximum absolute atomic E-state index is 11.9. The Labute approximate surface area is 130 Å². The molecule has 0 saturated carbocycles. The minimum Gasteiger partial charge on any atom is -0.424 e. The average Bonchev–Trinajstić information content (AvgIpc) is 3.14. The third-order valence-electron chi connectivity index (χ3n) is 3.04. The van der Waals surface area contributed by atoms with Crippen molar-refractivity contribution in [1.82, 2.24) is 25.0 Å². The molecule has 0 radical (unpaired) electrons. The molecule has 0 amide bonds.